The number of benzene rings is 1. The van der Waals surface area contributed by atoms with Crippen LogP contribution in [0, 0.1) is 11.7 Å². The highest BCUT2D eigenvalue weighted by Crippen LogP contribution is 2.27. The molecular weight excluding hydrogens is 257 g/mol. The maximum atomic E-state index is 13.4. The molecule has 0 amide bonds. The molecular formula is C16H22FNO2. The fraction of sp³-hybridized carbons (Fsp3) is 0.562. The van der Waals surface area contributed by atoms with Gasteiger partial charge in [0.25, 0.3) is 0 Å². The molecule has 1 aromatic carbocycles. The van der Waals surface area contributed by atoms with Crippen molar-refractivity contribution in [3.05, 3.63) is 35.1 Å². The van der Waals surface area contributed by atoms with Crippen molar-refractivity contribution in [1.29, 1.82) is 0 Å². The Balaban J connectivity index is 2.05. The topological polar surface area (TPSA) is 40.5 Å². The predicted molar refractivity (Wildman–Crippen MR) is 76.2 cm³/mol. The summed E-state index contributed by atoms with van der Waals surface area (Å²) >= 11 is 0. The van der Waals surface area contributed by atoms with Gasteiger partial charge in [0.1, 0.15) is 5.82 Å². The van der Waals surface area contributed by atoms with Crippen molar-refractivity contribution in [3.8, 4) is 0 Å². The third-order valence-electron chi connectivity index (χ3n) is 4.23. The van der Waals surface area contributed by atoms with E-state index in [4.69, 9.17) is 5.11 Å². The Morgan fingerprint density at radius 1 is 1.45 bits per heavy atom. The Morgan fingerprint density at radius 3 is 2.85 bits per heavy atom. The Kier molecular flexibility index (Phi) is 4.76. The summed E-state index contributed by atoms with van der Waals surface area (Å²) in [7, 11) is 2.06. The van der Waals surface area contributed by atoms with Crippen LogP contribution in [0.25, 0.3) is 0 Å². The SMILES string of the molecule is CC1CCCC(N(C)Cc2ccc(F)c(C(=O)O)c2)C1. The summed E-state index contributed by atoms with van der Waals surface area (Å²) in [6.07, 6.45) is 4.92. The molecule has 2 rings (SSSR count). The van der Waals surface area contributed by atoms with E-state index in [1.165, 1.54) is 37.8 Å². The summed E-state index contributed by atoms with van der Waals surface area (Å²) in [5, 5.41) is 8.95. The van der Waals surface area contributed by atoms with E-state index in [0.29, 0.717) is 12.6 Å². The van der Waals surface area contributed by atoms with Crippen molar-refractivity contribution in [2.45, 2.75) is 45.2 Å². The molecule has 0 aliphatic heterocycles. The molecule has 1 aliphatic rings. The first-order chi connectivity index (χ1) is 9.47. The molecule has 110 valence electrons. The minimum absolute atomic E-state index is 0.243. The molecule has 1 N–H and O–H groups in total. The third-order valence-corrected chi connectivity index (χ3v) is 4.23. The van der Waals surface area contributed by atoms with Crippen LogP contribution in [0.15, 0.2) is 18.2 Å². The van der Waals surface area contributed by atoms with Crippen molar-refractivity contribution < 1.29 is 14.3 Å². The first kappa shape index (κ1) is 15.0. The van der Waals surface area contributed by atoms with Gasteiger partial charge in [0, 0.05) is 12.6 Å². The van der Waals surface area contributed by atoms with Gasteiger partial charge in [0.05, 0.1) is 5.56 Å². The predicted octanol–water partition coefficient (Wildman–Crippen LogP) is 3.53. The van der Waals surface area contributed by atoms with E-state index in [0.717, 1.165) is 11.5 Å². The molecule has 0 saturated heterocycles. The van der Waals surface area contributed by atoms with Crippen LogP contribution in [-0.4, -0.2) is 29.1 Å². The molecule has 0 radical (unpaired) electrons. The maximum Gasteiger partial charge on any atom is 0.338 e. The maximum absolute atomic E-state index is 13.4. The lowest BCUT2D eigenvalue weighted by atomic mass is 9.86. The quantitative estimate of drug-likeness (QED) is 0.916. The van der Waals surface area contributed by atoms with Crippen molar-refractivity contribution in [2.24, 2.45) is 5.92 Å². The minimum atomic E-state index is -1.21. The van der Waals surface area contributed by atoms with Gasteiger partial charge in [-0.2, -0.15) is 0 Å². The first-order valence-electron chi connectivity index (χ1n) is 7.19. The number of hydrogen-bond acceptors (Lipinski definition) is 2. The van der Waals surface area contributed by atoms with Gasteiger partial charge < -0.3 is 5.11 Å². The van der Waals surface area contributed by atoms with E-state index in [9.17, 15) is 9.18 Å². The van der Waals surface area contributed by atoms with Crippen molar-refractivity contribution >= 4 is 5.97 Å². The first-order valence-corrected chi connectivity index (χ1v) is 7.19. The summed E-state index contributed by atoms with van der Waals surface area (Å²) in [4.78, 5) is 13.2. The molecule has 1 aromatic rings. The summed E-state index contributed by atoms with van der Waals surface area (Å²) in [6.45, 7) is 2.94. The van der Waals surface area contributed by atoms with Gasteiger partial charge in [0.15, 0.2) is 0 Å². The van der Waals surface area contributed by atoms with Gasteiger partial charge in [-0.25, -0.2) is 9.18 Å². The molecule has 1 fully saturated rings. The number of aromatic carboxylic acids is 1. The Bertz CT molecular complexity index is 489. The lowest BCUT2D eigenvalue weighted by molar-refractivity contribution is 0.0691. The Morgan fingerprint density at radius 2 is 2.20 bits per heavy atom. The van der Waals surface area contributed by atoms with E-state index in [1.807, 2.05) is 0 Å². The van der Waals surface area contributed by atoms with Gasteiger partial charge in [-0.15, -0.1) is 0 Å². The van der Waals surface area contributed by atoms with Gasteiger partial charge in [-0.3, -0.25) is 4.90 Å². The summed E-state index contributed by atoms with van der Waals surface area (Å²) in [6, 6.07) is 4.90. The number of rotatable bonds is 4. The van der Waals surface area contributed by atoms with Crippen LogP contribution in [0.3, 0.4) is 0 Å². The number of carboxylic acids is 1. The molecule has 2 unspecified atom stereocenters. The lowest BCUT2D eigenvalue weighted by Crippen LogP contribution is -2.35. The number of hydrogen-bond donors (Lipinski definition) is 1. The Hall–Kier alpha value is -1.42. The zero-order valence-corrected chi connectivity index (χ0v) is 12.1. The summed E-state index contributed by atoms with van der Waals surface area (Å²) in [5.41, 5.74) is 0.609. The highest BCUT2D eigenvalue weighted by atomic mass is 19.1. The van der Waals surface area contributed by atoms with Crippen LogP contribution in [0.1, 0.15) is 48.5 Å². The van der Waals surface area contributed by atoms with Crippen LogP contribution in [-0.2, 0) is 6.54 Å². The average molecular weight is 279 g/mol. The normalized spacial score (nSPS) is 23.0. The smallest absolute Gasteiger partial charge is 0.338 e. The monoisotopic (exact) mass is 279 g/mol. The molecule has 0 aromatic heterocycles. The van der Waals surface area contributed by atoms with Crippen molar-refractivity contribution in [3.63, 3.8) is 0 Å². The van der Waals surface area contributed by atoms with E-state index < -0.39 is 11.8 Å². The van der Waals surface area contributed by atoms with E-state index in [2.05, 4.69) is 18.9 Å². The van der Waals surface area contributed by atoms with Crippen LogP contribution < -0.4 is 0 Å². The van der Waals surface area contributed by atoms with E-state index in [1.54, 1.807) is 6.07 Å². The molecule has 3 nitrogen and oxygen atoms in total. The van der Waals surface area contributed by atoms with Crippen LogP contribution in [0.4, 0.5) is 4.39 Å². The number of halogens is 1. The summed E-state index contributed by atoms with van der Waals surface area (Å²) < 4.78 is 13.4. The second kappa shape index (κ2) is 6.35. The number of carbonyl (C=O) groups is 1. The average Bonchev–Trinajstić information content (AvgIpc) is 2.40. The fourth-order valence-electron chi connectivity index (χ4n) is 3.05. The molecule has 0 bridgehead atoms. The third kappa shape index (κ3) is 3.57. The highest BCUT2D eigenvalue weighted by molar-refractivity contribution is 5.88. The molecule has 0 spiro atoms. The van der Waals surface area contributed by atoms with Gasteiger partial charge >= 0.3 is 5.97 Å². The summed E-state index contributed by atoms with van der Waals surface area (Å²) in [5.74, 6) is -1.13. The molecule has 1 aliphatic carbocycles. The van der Waals surface area contributed by atoms with Crippen molar-refractivity contribution in [1.82, 2.24) is 4.90 Å². The fourth-order valence-corrected chi connectivity index (χ4v) is 3.05. The second-order valence-electron chi connectivity index (χ2n) is 5.96. The number of nitrogens with zero attached hydrogens (tertiary/aromatic N) is 1. The van der Waals surface area contributed by atoms with E-state index >= 15 is 0 Å². The zero-order chi connectivity index (χ0) is 14.7. The highest BCUT2D eigenvalue weighted by Gasteiger charge is 2.22. The molecule has 1 saturated carbocycles. The zero-order valence-electron chi connectivity index (χ0n) is 12.1. The van der Waals surface area contributed by atoms with Crippen LogP contribution >= 0.6 is 0 Å². The molecule has 4 heteroatoms. The van der Waals surface area contributed by atoms with Gasteiger partial charge in [0.2, 0.25) is 0 Å². The largest absolute Gasteiger partial charge is 0.478 e. The van der Waals surface area contributed by atoms with Gasteiger partial charge in [-0.1, -0.05) is 25.8 Å². The standard InChI is InChI=1S/C16H22FNO2/c1-11-4-3-5-13(8-11)18(2)10-12-6-7-15(17)14(9-12)16(19)20/h6-7,9,11,13H,3-5,8,10H2,1-2H3,(H,19,20). The van der Waals surface area contributed by atoms with Crippen LogP contribution in [0.5, 0.6) is 0 Å². The van der Waals surface area contributed by atoms with E-state index in [-0.39, 0.29) is 5.56 Å². The Labute approximate surface area is 119 Å². The lowest BCUT2D eigenvalue weighted by Gasteiger charge is -2.34. The van der Waals surface area contributed by atoms with Crippen molar-refractivity contribution in [2.75, 3.05) is 7.05 Å². The van der Waals surface area contributed by atoms with Gasteiger partial charge in [-0.05, 0) is 43.5 Å². The molecule has 20 heavy (non-hydrogen) atoms. The molecule has 0 heterocycles. The van der Waals surface area contributed by atoms with Crippen LogP contribution in [0.2, 0.25) is 0 Å². The number of carboxylic acid groups (broad SMARTS) is 1. The molecule has 2 atom stereocenters. The minimum Gasteiger partial charge on any atom is -0.478 e. The second-order valence-corrected chi connectivity index (χ2v) is 5.96.